The lowest BCUT2D eigenvalue weighted by Gasteiger charge is -2.16. The van der Waals surface area contributed by atoms with Crippen LogP contribution in [0.4, 0.5) is 0 Å². The van der Waals surface area contributed by atoms with Crippen LogP contribution in [-0.2, 0) is 9.59 Å². The second-order valence-electron chi connectivity index (χ2n) is 8.08. The van der Waals surface area contributed by atoms with Crippen molar-refractivity contribution in [3.8, 4) is 23.0 Å². The summed E-state index contributed by atoms with van der Waals surface area (Å²) in [5.74, 6) is 0.00924. The summed E-state index contributed by atoms with van der Waals surface area (Å²) in [6, 6.07) is 8.82. The van der Waals surface area contributed by atoms with Crippen molar-refractivity contribution in [2.45, 2.75) is 26.3 Å². The summed E-state index contributed by atoms with van der Waals surface area (Å²) >= 11 is 0. The van der Waals surface area contributed by atoms with Crippen molar-refractivity contribution < 1.29 is 38.4 Å². The van der Waals surface area contributed by atoms with Crippen molar-refractivity contribution in [3.63, 3.8) is 0 Å². The molecule has 1 heterocycles. The minimum atomic E-state index is -1.10. The van der Waals surface area contributed by atoms with Gasteiger partial charge in [-0.3, -0.25) is 9.59 Å². The van der Waals surface area contributed by atoms with Gasteiger partial charge < -0.3 is 29.4 Å². The fourth-order valence-electron chi connectivity index (χ4n) is 3.41. The van der Waals surface area contributed by atoms with Crippen molar-refractivity contribution in [2.24, 2.45) is 5.92 Å². The molecule has 0 radical (unpaired) electrons. The van der Waals surface area contributed by atoms with Gasteiger partial charge in [0.25, 0.3) is 5.91 Å². The summed E-state index contributed by atoms with van der Waals surface area (Å²) in [5.41, 5.74) is 1.00. The van der Waals surface area contributed by atoms with Crippen LogP contribution in [0.1, 0.15) is 36.2 Å². The number of nitrogens with one attached hydrogen (secondary N) is 1. The third-order valence-electron chi connectivity index (χ3n) is 5.08. The Morgan fingerprint density at radius 1 is 1.09 bits per heavy atom. The number of Topliss-reactive ketones (excluding diaryl/α,β-unsaturated/α-hetero) is 1. The van der Waals surface area contributed by atoms with Gasteiger partial charge in [0.15, 0.2) is 12.4 Å². The minimum Gasteiger partial charge on any atom is -0.497 e. The zero-order valence-electron chi connectivity index (χ0n) is 19.4. The summed E-state index contributed by atoms with van der Waals surface area (Å²) in [7, 11) is 3.07. The fourth-order valence-corrected chi connectivity index (χ4v) is 3.41. The molecule has 1 aliphatic rings. The number of carbonyl (C=O) groups is 3. The molecule has 0 aliphatic carbocycles. The van der Waals surface area contributed by atoms with E-state index in [2.05, 4.69) is 5.32 Å². The topological polar surface area (TPSA) is 120 Å². The number of allylic oxidation sites excluding steroid dienone is 1. The lowest BCUT2D eigenvalue weighted by atomic mass is 10.0. The van der Waals surface area contributed by atoms with Gasteiger partial charge in [-0.15, -0.1) is 0 Å². The van der Waals surface area contributed by atoms with E-state index in [0.29, 0.717) is 40.5 Å². The Labute approximate surface area is 197 Å². The number of carboxylic acids is 1. The van der Waals surface area contributed by atoms with E-state index >= 15 is 0 Å². The minimum absolute atomic E-state index is 0.105. The zero-order chi connectivity index (χ0) is 24.8. The first-order chi connectivity index (χ1) is 16.2. The SMILES string of the molecule is COc1ccc(C=C2Oc3cc(OCC(=O)NC(CC(C)C)C(=O)O)ccc3C2=O)c(OC)c1. The molecule has 0 saturated heterocycles. The first kappa shape index (κ1) is 24.6. The van der Waals surface area contributed by atoms with Crippen LogP contribution in [0.5, 0.6) is 23.0 Å². The van der Waals surface area contributed by atoms with Gasteiger partial charge in [0.2, 0.25) is 5.78 Å². The molecule has 1 aliphatic heterocycles. The molecule has 0 aromatic heterocycles. The predicted molar refractivity (Wildman–Crippen MR) is 123 cm³/mol. The summed E-state index contributed by atoms with van der Waals surface area (Å²) in [4.78, 5) is 36.2. The van der Waals surface area contributed by atoms with Gasteiger partial charge >= 0.3 is 5.97 Å². The highest BCUT2D eigenvalue weighted by Crippen LogP contribution is 2.36. The molecule has 180 valence electrons. The molecular formula is C25H27NO8. The average Bonchev–Trinajstić information content (AvgIpc) is 3.11. The Kier molecular flexibility index (Phi) is 7.78. The normalized spacial score (nSPS) is 14.4. The molecule has 3 rings (SSSR count). The van der Waals surface area contributed by atoms with Crippen molar-refractivity contribution in [2.75, 3.05) is 20.8 Å². The molecule has 1 atom stereocenters. The van der Waals surface area contributed by atoms with Crippen LogP contribution in [0.2, 0.25) is 0 Å². The molecule has 1 amide bonds. The summed E-state index contributed by atoms with van der Waals surface area (Å²) in [6.07, 6.45) is 1.89. The lowest BCUT2D eigenvalue weighted by Crippen LogP contribution is -2.43. The standard InChI is InChI=1S/C25H27NO8/c1-14(2)9-19(25(29)30)26-23(27)13-33-17-7-8-18-21(12-17)34-22(24(18)28)10-15-5-6-16(31-3)11-20(15)32-4/h5-8,10-12,14,19H,9,13H2,1-4H3,(H,26,27)(H,29,30). The number of carbonyl (C=O) groups excluding carboxylic acids is 2. The quantitative estimate of drug-likeness (QED) is 0.509. The molecule has 1 unspecified atom stereocenters. The predicted octanol–water partition coefficient (Wildman–Crippen LogP) is 3.31. The second kappa shape index (κ2) is 10.7. The number of carboxylic acid groups (broad SMARTS) is 1. The van der Waals surface area contributed by atoms with Crippen molar-refractivity contribution in [1.82, 2.24) is 5.32 Å². The van der Waals surface area contributed by atoms with E-state index in [1.807, 2.05) is 13.8 Å². The van der Waals surface area contributed by atoms with E-state index in [9.17, 15) is 19.5 Å². The van der Waals surface area contributed by atoms with Crippen LogP contribution in [0.25, 0.3) is 6.08 Å². The van der Waals surface area contributed by atoms with E-state index in [0.717, 1.165) is 0 Å². The van der Waals surface area contributed by atoms with Crippen LogP contribution < -0.4 is 24.3 Å². The number of fused-ring (bicyclic) bond motifs is 1. The number of amides is 1. The summed E-state index contributed by atoms with van der Waals surface area (Å²) < 4.78 is 21.8. The average molecular weight is 469 g/mol. The Morgan fingerprint density at radius 3 is 2.47 bits per heavy atom. The van der Waals surface area contributed by atoms with Crippen molar-refractivity contribution in [1.29, 1.82) is 0 Å². The molecule has 34 heavy (non-hydrogen) atoms. The fraction of sp³-hybridized carbons (Fsp3) is 0.320. The largest absolute Gasteiger partial charge is 0.497 e. The van der Waals surface area contributed by atoms with Crippen LogP contribution >= 0.6 is 0 Å². The Bertz CT molecular complexity index is 1120. The molecule has 0 spiro atoms. The van der Waals surface area contributed by atoms with Crippen LogP contribution in [0, 0.1) is 5.92 Å². The number of hydrogen-bond acceptors (Lipinski definition) is 7. The maximum atomic E-state index is 12.8. The van der Waals surface area contributed by atoms with Gasteiger partial charge in [0, 0.05) is 17.7 Å². The number of rotatable bonds is 10. The van der Waals surface area contributed by atoms with E-state index < -0.39 is 17.9 Å². The molecule has 2 aromatic carbocycles. The van der Waals surface area contributed by atoms with Gasteiger partial charge in [-0.2, -0.15) is 0 Å². The zero-order valence-corrected chi connectivity index (χ0v) is 19.4. The van der Waals surface area contributed by atoms with Gasteiger partial charge in [-0.1, -0.05) is 13.8 Å². The summed E-state index contributed by atoms with van der Waals surface area (Å²) in [5, 5.41) is 11.7. The molecule has 9 nitrogen and oxygen atoms in total. The third-order valence-corrected chi connectivity index (χ3v) is 5.08. The third kappa shape index (κ3) is 5.86. The van der Waals surface area contributed by atoms with E-state index in [-0.39, 0.29) is 24.1 Å². The Morgan fingerprint density at radius 2 is 1.82 bits per heavy atom. The maximum Gasteiger partial charge on any atom is 0.326 e. The van der Waals surface area contributed by atoms with Crippen LogP contribution in [-0.4, -0.2) is 49.6 Å². The highest BCUT2D eigenvalue weighted by molar-refractivity contribution is 6.14. The number of ketones is 1. The van der Waals surface area contributed by atoms with E-state index in [1.165, 1.54) is 13.2 Å². The van der Waals surface area contributed by atoms with Gasteiger partial charge in [-0.25, -0.2) is 4.79 Å². The maximum absolute atomic E-state index is 12.8. The Hall–Kier alpha value is -4.01. The molecule has 0 saturated carbocycles. The second-order valence-corrected chi connectivity index (χ2v) is 8.08. The highest BCUT2D eigenvalue weighted by atomic mass is 16.5. The number of ether oxygens (including phenoxy) is 4. The van der Waals surface area contributed by atoms with Gasteiger partial charge in [0.1, 0.15) is 29.0 Å². The first-order valence-corrected chi connectivity index (χ1v) is 10.7. The lowest BCUT2D eigenvalue weighted by molar-refractivity contribution is -0.142. The first-order valence-electron chi connectivity index (χ1n) is 10.7. The monoisotopic (exact) mass is 469 g/mol. The van der Waals surface area contributed by atoms with Gasteiger partial charge in [0.05, 0.1) is 19.8 Å². The van der Waals surface area contributed by atoms with Crippen LogP contribution in [0.3, 0.4) is 0 Å². The number of aliphatic carboxylic acids is 1. The summed E-state index contributed by atoms with van der Waals surface area (Å²) in [6.45, 7) is 3.37. The van der Waals surface area contributed by atoms with Crippen LogP contribution in [0.15, 0.2) is 42.2 Å². The molecular weight excluding hydrogens is 442 g/mol. The van der Waals surface area contributed by atoms with E-state index in [4.69, 9.17) is 18.9 Å². The Balaban J connectivity index is 1.68. The van der Waals surface area contributed by atoms with E-state index in [1.54, 1.807) is 43.5 Å². The smallest absolute Gasteiger partial charge is 0.326 e. The number of benzene rings is 2. The van der Waals surface area contributed by atoms with Crippen molar-refractivity contribution in [3.05, 3.63) is 53.3 Å². The molecule has 2 aromatic rings. The van der Waals surface area contributed by atoms with Gasteiger partial charge in [-0.05, 0) is 42.7 Å². The molecule has 0 bridgehead atoms. The molecule has 9 heteroatoms. The number of hydrogen-bond donors (Lipinski definition) is 2. The molecule has 2 N–H and O–H groups in total. The highest BCUT2D eigenvalue weighted by Gasteiger charge is 2.28. The number of methoxy groups -OCH3 is 2. The molecule has 0 fully saturated rings. The van der Waals surface area contributed by atoms with Crippen molar-refractivity contribution >= 4 is 23.7 Å².